The molecule has 1 aromatic carbocycles. The number of nitrogen functional groups attached to an aromatic ring is 1. The van der Waals surface area contributed by atoms with Crippen LogP contribution in [0, 0.1) is 12.7 Å². The monoisotopic (exact) mass is 202 g/mol. The highest BCUT2D eigenvalue weighted by molar-refractivity contribution is 5.66. The molecule has 3 heteroatoms. The number of nitrogens with two attached hydrogens (primary N) is 1. The molecule has 0 saturated carbocycles. The van der Waals surface area contributed by atoms with Crippen LogP contribution in [0.5, 0.6) is 0 Å². The Morgan fingerprint density at radius 3 is 2.73 bits per heavy atom. The summed E-state index contributed by atoms with van der Waals surface area (Å²) in [4.78, 5) is 3.87. The Bertz CT molecular complexity index is 495. The van der Waals surface area contributed by atoms with Crippen LogP contribution >= 0.6 is 0 Å². The first kappa shape index (κ1) is 9.65. The van der Waals surface area contributed by atoms with Crippen LogP contribution in [-0.4, -0.2) is 4.98 Å². The Morgan fingerprint density at radius 2 is 2.00 bits per heavy atom. The number of hydrogen-bond donors (Lipinski definition) is 1. The van der Waals surface area contributed by atoms with Crippen LogP contribution in [0.1, 0.15) is 5.56 Å². The molecule has 2 N–H and O–H groups in total. The van der Waals surface area contributed by atoms with Crippen LogP contribution in [0.3, 0.4) is 0 Å². The molecule has 0 aliphatic heterocycles. The molecule has 0 spiro atoms. The molecule has 0 bridgehead atoms. The lowest BCUT2D eigenvalue weighted by molar-refractivity contribution is 0.631. The molecule has 76 valence electrons. The zero-order chi connectivity index (χ0) is 10.8. The Kier molecular flexibility index (Phi) is 2.37. The summed E-state index contributed by atoms with van der Waals surface area (Å²) in [6.07, 6.45) is 1.58. The van der Waals surface area contributed by atoms with E-state index in [0.29, 0.717) is 11.4 Å². The van der Waals surface area contributed by atoms with Gasteiger partial charge >= 0.3 is 0 Å². The van der Waals surface area contributed by atoms with Crippen molar-refractivity contribution in [3.63, 3.8) is 0 Å². The van der Waals surface area contributed by atoms with E-state index in [1.807, 2.05) is 6.92 Å². The summed E-state index contributed by atoms with van der Waals surface area (Å²) in [6, 6.07) is 8.40. The van der Waals surface area contributed by atoms with Gasteiger partial charge < -0.3 is 5.73 Å². The third-order valence-corrected chi connectivity index (χ3v) is 2.21. The summed E-state index contributed by atoms with van der Waals surface area (Å²) in [7, 11) is 0. The van der Waals surface area contributed by atoms with Gasteiger partial charge in [0.25, 0.3) is 0 Å². The van der Waals surface area contributed by atoms with Crippen molar-refractivity contribution < 1.29 is 4.39 Å². The lowest BCUT2D eigenvalue weighted by Crippen LogP contribution is -1.91. The fourth-order valence-electron chi connectivity index (χ4n) is 1.48. The molecule has 1 heterocycles. The van der Waals surface area contributed by atoms with Gasteiger partial charge in [0.05, 0.1) is 0 Å². The Labute approximate surface area is 87.6 Å². The van der Waals surface area contributed by atoms with Crippen LogP contribution in [0.25, 0.3) is 11.1 Å². The number of aromatic nitrogens is 1. The molecule has 2 rings (SSSR count). The van der Waals surface area contributed by atoms with Gasteiger partial charge in [-0.05, 0) is 36.8 Å². The summed E-state index contributed by atoms with van der Waals surface area (Å²) in [5.41, 5.74) is 7.88. The van der Waals surface area contributed by atoms with Crippen molar-refractivity contribution in [2.24, 2.45) is 0 Å². The van der Waals surface area contributed by atoms with Crippen molar-refractivity contribution in [3.05, 3.63) is 47.9 Å². The van der Waals surface area contributed by atoms with Crippen molar-refractivity contribution in [2.45, 2.75) is 6.92 Å². The van der Waals surface area contributed by atoms with Crippen molar-refractivity contribution in [2.75, 3.05) is 5.73 Å². The van der Waals surface area contributed by atoms with E-state index in [-0.39, 0.29) is 5.82 Å². The van der Waals surface area contributed by atoms with Crippen LogP contribution < -0.4 is 5.73 Å². The molecule has 2 nitrogen and oxygen atoms in total. The van der Waals surface area contributed by atoms with Crippen LogP contribution in [-0.2, 0) is 0 Å². The van der Waals surface area contributed by atoms with Crippen molar-refractivity contribution in [3.8, 4) is 11.1 Å². The first-order valence-electron chi connectivity index (χ1n) is 4.65. The number of halogens is 1. The van der Waals surface area contributed by atoms with Crippen LogP contribution in [0.15, 0.2) is 36.5 Å². The molecular formula is C12H11FN2. The molecule has 2 aromatic rings. The zero-order valence-electron chi connectivity index (χ0n) is 8.37. The van der Waals surface area contributed by atoms with Crippen molar-refractivity contribution in [1.82, 2.24) is 4.98 Å². The fraction of sp³-hybridized carbons (Fsp3) is 0.0833. The summed E-state index contributed by atoms with van der Waals surface area (Å²) in [5, 5.41) is 0. The molecule has 1 aromatic heterocycles. The highest BCUT2D eigenvalue weighted by Gasteiger charge is 2.05. The molecule has 0 fully saturated rings. The minimum atomic E-state index is -0.244. The first-order chi connectivity index (χ1) is 7.16. The third-order valence-electron chi connectivity index (χ3n) is 2.21. The molecule has 0 atom stereocenters. The topological polar surface area (TPSA) is 38.9 Å². The van der Waals surface area contributed by atoms with E-state index in [4.69, 9.17) is 5.73 Å². The van der Waals surface area contributed by atoms with E-state index in [2.05, 4.69) is 4.98 Å². The third kappa shape index (κ3) is 1.96. The number of benzene rings is 1. The lowest BCUT2D eigenvalue weighted by Gasteiger charge is -2.05. The van der Waals surface area contributed by atoms with E-state index in [1.54, 1.807) is 30.5 Å². The van der Waals surface area contributed by atoms with Gasteiger partial charge in [-0.25, -0.2) is 9.37 Å². The SMILES string of the molecule is Cc1ccc(F)c(-c2ccnc(N)c2)c1. The second kappa shape index (κ2) is 3.69. The van der Waals surface area contributed by atoms with E-state index >= 15 is 0 Å². The maximum absolute atomic E-state index is 13.5. The van der Waals surface area contributed by atoms with Gasteiger partial charge in [-0.2, -0.15) is 0 Å². The van der Waals surface area contributed by atoms with Gasteiger partial charge in [0.15, 0.2) is 0 Å². The number of anilines is 1. The maximum atomic E-state index is 13.5. The number of nitrogens with zero attached hydrogens (tertiary/aromatic N) is 1. The Morgan fingerprint density at radius 1 is 1.20 bits per heavy atom. The first-order valence-corrected chi connectivity index (χ1v) is 4.65. The average Bonchev–Trinajstić information content (AvgIpc) is 2.22. The number of pyridine rings is 1. The quantitative estimate of drug-likeness (QED) is 0.772. The van der Waals surface area contributed by atoms with Crippen molar-refractivity contribution >= 4 is 5.82 Å². The highest BCUT2D eigenvalue weighted by atomic mass is 19.1. The fourth-order valence-corrected chi connectivity index (χ4v) is 1.48. The Hall–Kier alpha value is -1.90. The van der Waals surface area contributed by atoms with Gasteiger partial charge in [0.1, 0.15) is 11.6 Å². The van der Waals surface area contributed by atoms with Crippen LogP contribution in [0.4, 0.5) is 10.2 Å². The lowest BCUT2D eigenvalue weighted by atomic mass is 10.0. The van der Waals surface area contributed by atoms with Crippen LogP contribution in [0.2, 0.25) is 0 Å². The van der Waals surface area contributed by atoms with E-state index in [0.717, 1.165) is 11.1 Å². The van der Waals surface area contributed by atoms with Gasteiger partial charge in [0, 0.05) is 11.8 Å². The largest absolute Gasteiger partial charge is 0.384 e. The molecule has 0 amide bonds. The molecular weight excluding hydrogens is 191 g/mol. The molecule has 0 aliphatic rings. The van der Waals surface area contributed by atoms with E-state index < -0.39 is 0 Å². The minimum Gasteiger partial charge on any atom is -0.384 e. The van der Waals surface area contributed by atoms with Gasteiger partial charge in [-0.3, -0.25) is 0 Å². The maximum Gasteiger partial charge on any atom is 0.131 e. The molecule has 0 saturated heterocycles. The van der Waals surface area contributed by atoms with Gasteiger partial charge in [-0.15, -0.1) is 0 Å². The van der Waals surface area contributed by atoms with Gasteiger partial charge in [0.2, 0.25) is 0 Å². The molecule has 15 heavy (non-hydrogen) atoms. The summed E-state index contributed by atoms with van der Waals surface area (Å²) >= 11 is 0. The van der Waals surface area contributed by atoms with Crippen molar-refractivity contribution in [1.29, 1.82) is 0 Å². The standard InChI is InChI=1S/C12H11FN2/c1-8-2-3-11(13)10(6-8)9-4-5-15-12(14)7-9/h2-7H,1H3,(H2,14,15). The smallest absolute Gasteiger partial charge is 0.131 e. The number of hydrogen-bond acceptors (Lipinski definition) is 2. The molecule has 0 radical (unpaired) electrons. The van der Waals surface area contributed by atoms with Gasteiger partial charge in [-0.1, -0.05) is 11.6 Å². The minimum absolute atomic E-state index is 0.244. The zero-order valence-corrected chi connectivity index (χ0v) is 8.37. The number of rotatable bonds is 1. The second-order valence-corrected chi connectivity index (χ2v) is 3.45. The normalized spacial score (nSPS) is 10.3. The summed E-state index contributed by atoms with van der Waals surface area (Å²) in [5.74, 6) is 0.152. The predicted molar refractivity (Wildman–Crippen MR) is 58.8 cm³/mol. The average molecular weight is 202 g/mol. The van der Waals surface area contributed by atoms with E-state index in [9.17, 15) is 4.39 Å². The predicted octanol–water partition coefficient (Wildman–Crippen LogP) is 2.78. The second-order valence-electron chi connectivity index (χ2n) is 3.45. The molecule has 0 aliphatic carbocycles. The highest BCUT2D eigenvalue weighted by Crippen LogP contribution is 2.24. The summed E-state index contributed by atoms with van der Waals surface area (Å²) in [6.45, 7) is 1.92. The summed E-state index contributed by atoms with van der Waals surface area (Å²) < 4.78 is 13.5. The molecule has 0 unspecified atom stereocenters. The van der Waals surface area contributed by atoms with E-state index in [1.165, 1.54) is 6.07 Å². The number of aryl methyl sites for hydroxylation is 1. The Balaban J connectivity index is 2.58.